The highest BCUT2D eigenvalue weighted by molar-refractivity contribution is 6.30. The summed E-state index contributed by atoms with van der Waals surface area (Å²) < 4.78 is 13.4. The number of carbonyl (C=O) groups is 1. The van der Waals surface area contributed by atoms with Crippen molar-refractivity contribution in [1.29, 1.82) is 0 Å². The van der Waals surface area contributed by atoms with Crippen LogP contribution < -0.4 is 4.74 Å². The molecule has 3 aromatic heterocycles. The van der Waals surface area contributed by atoms with Gasteiger partial charge in [0.15, 0.2) is 16.8 Å². The van der Waals surface area contributed by atoms with Crippen LogP contribution in [0.15, 0.2) is 54.7 Å². The van der Waals surface area contributed by atoms with E-state index in [1.54, 1.807) is 28.6 Å². The minimum atomic E-state index is -0.423. The second-order valence-electron chi connectivity index (χ2n) is 6.99. The van der Waals surface area contributed by atoms with Crippen molar-refractivity contribution < 1.29 is 14.3 Å². The van der Waals surface area contributed by atoms with Gasteiger partial charge in [-0.15, -0.1) is 10.2 Å². The van der Waals surface area contributed by atoms with Crippen LogP contribution in [-0.4, -0.2) is 49.8 Å². The van der Waals surface area contributed by atoms with Gasteiger partial charge in [0.25, 0.3) is 0 Å². The smallest absolute Gasteiger partial charge is 0.311 e. The first-order valence-electron chi connectivity index (χ1n) is 9.68. The molecule has 0 unspecified atom stereocenters. The Morgan fingerprint density at radius 2 is 1.91 bits per heavy atom. The zero-order valence-corrected chi connectivity index (χ0v) is 17.9. The van der Waals surface area contributed by atoms with E-state index in [4.69, 9.17) is 21.1 Å². The fourth-order valence-corrected chi connectivity index (χ4v) is 3.71. The predicted octanol–water partition coefficient (Wildman–Crippen LogP) is 3.51. The molecule has 0 saturated heterocycles. The van der Waals surface area contributed by atoms with Crippen molar-refractivity contribution in [3.63, 3.8) is 0 Å². The molecule has 3 heterocycles. The molecule has 10 heteroatoms. The Morgan fingerprint density at radius 3 is 2.62 bits per heavy atom. The zero-order chi connectivity index (χ0) is 22.2. The summed E-state index contributed by atoms with van der Waals surface area (Å²) >= 11 is 6.17. The van der Waals surface area contributed by atoms with Gasteiger partial charge in [-0.1, -0.05) is 23.7 Å². The van der Waals surface area contributed by atoms with Gasteiger partial charge >= 0.3 is 5.97 Å². The minimum Gasteiger partial charge on any atom is -0.497 e. The van der Waals surface area contributed by atoms with E-state index in [0.717, 1.165) is 16.8 Å². The number of nitrogens with zero attached hydrogens (tertiary/aromatic N) is 6. The maximum Gasteiger partial charge on any atom is 0.311 e. The second kappa shape index (κ2) is 7.93. The number of hydrogen-bond donors (Lipinski definition) is 0. The fraction of sp³-hybridized carbons (Fsp3) is 0.136. The lowest BCUT2D eigenvalue weighted by molar-refractivity contribution is -0.139. The van der Waals surface area contributed by atoms with Crippen LogP contribution in [0.4, 0.5) is 0 Å². The number of ether oxygens (including phenoxy) is 2. The number of aromatic nitrogens is 6. The summed E-state index contributed by atoms with van der Waals surface area (Å²) in [6.07, 6.45) is 1.67. The van der Waals surface area contributed by atoms with Crippen LogP contribution in [-0.2, 0) is 16.0 Å². The molecule has 9 nitrogen and oxygen atoms in total. The number of esters is 1. The molecule has 0 amide bonds. The van der Waals surface area contributed by atoms with E-state index >= 15 is 0 Å². The molecular weight excluding hydrogens is 432 g/mol. The molecule has 5 rings (SSSR count). The molecule has 0 atom stereocenters. The molecule has 5 aromatic rings. The topological polar surface area (TPSA) is 96.4 Å². The van der Waals surface area contributed by atoms with Gasteiger partial charge in [0.2, 0.25) is 0 Å². The third kappa shape index (κ3) is 3.32. The molecule has 0 radical (unpaired) electrons. The number of fused-ring (bicyclic) bond motifs is 3. The molecule has 0 fully saturated rings. The Labute approximate surface area is 187 Å². The highest BCUT2D eigenvalue weighted by atomic mass is 35.5. The molecule has 0 aliphatic carbocycles. The summed E-state index contributed by atoms with van der Waals surface area (Å²) in [7, 11) is 2.94. The molecule has 160 valence electrons. The van der Waals surface area contributed by atoms with Crippen molar-refractivity contribution in [2.24, 2.45) is 0 Å². The van der Waals surface area contributed by atoms with Crippen molar-refractivity contribution in [1.82, 2.24) is 29.6 Å². The van der Waals surface area contributed by atoms with Gasteiger partial charge in [0, 0.05) is 10.6 Å². The largest absolute Gasteiger partial charge is 0.497 e. The van der Waals surface area contributed by atoms with Gasteiger partial charge in [-0.2, -0.15) is 14.7 Å². The fourth-order valence-electron chi connectivity index (χ4n) is 3.52. The maximum atomic E-state index is 12.0. The first kappa shape index (κ1) is 20.0. The van der Waals surface area contributed by atoms with E-state index < -0.39 is 5.97 Å². The normalized spacial score (nSPS) is 11.2. The van der Waals surface area contributed by atoms with Crippen LogP contribution in [0.2, 0.25) is 5.02 Å². The summed E-state index contributed by atoms with van der Waals surface area (Å²) in [5.74, 6) is 0.292. The van der Waals surface area contributed by atoms with E-state index in [1.807, 2.05) is 42.5 Å². The number of methoxy groups -OCH3 is 2. The summed E-state index contributed by atoms with van der Waals surface area (Å²) in [5.41, 5.74) is 4.41. The van der Waals surface area contributed by atoms with Gasteiger partial charge in [0.05, 0.1) is 32.5 Å². The molecular formula is C22H17ClN6O3. The van der Waals surface area contributed by atoms with Gasteiger partial charge in [-0.25, -0.2) is 4.68 Å². The first-order chi connectivity index (χ1) is 15.6. The molecule has 0 N–H and O–H groups in total. The predicted molar refractivity (Wildman–Crippen MR) is 118 cm³/mol. The van der Waals surface area contributed by atoms with Crippen molar-refractivity contribution in [3.8, 4) is 22.6 Å². The molecule has 0 bridgehead atoms. The molecule has 2 aromatic carbocycles. The van der Waals surface area contributed by atoms with Gasteiger partial charge in [-0.3, -0.25) is 4.79 Å². The van der Waals surface area contributed by atoms with E-state index in [1.165, 1.54) is 7.11 Å². The minimum absolute atomic E-state index is 0.0429. The van der Waals surface area contributed by atoms with Crippen LogP contribution in [0.5, 0.6) is 5.75 Å². The van der Waals surface area contributed by atoms with Crippen molar-refractivity contribution in [2.45, 2.75) is 6.42 Å². The standard InChI is InChI=1S/C22H17ClN6O3/c1-31-16-8-6-15(7-9-16)28-22-20(18(27-28)11-19(30)32-2)25-26-21-17(12-24-29(21)22)13-4-3-5-14(23)10-13/h3-10,12H,11H2,1-2H3. The van der Waals surface area contributed by atoms with Crippen LogP contribution in [0, 0.1) is 0 Å². The third-order valence-electron chi connectivity index (χ3n) is 5.09. The van der Waals surface area contributed by atoms with E-state index in [2.05, 4.69) is 20.4 Å². The number of rotatable bonds is 5. The lowest BCUT2D eigenvalue weighted by atomic mass is 10.1. The third-order valence-corrected chi connectivity index (χ3v) is 5.32. The molecule has 0 aliphatic heterocycles. The zero-order valence-electron chi connectivity index (χ0n) is 17.2. The maximum absolute atomic E-state index is 12.0. The monoisotopic (exact) mass is 448 g/mol. The number of benzene rings is 2. The average Bonchev–Trinajstić information content (AvgIpc) is 3.41. The van der Waals surface area contributed by atoms with Crippen molar-refractivity contribution in [3.05, 3.63) is 65.4 Å². The van der Waals surface area contributed by atoms with Gasteiger partial charge in [-0.05, 0) is 42.0 Å². The van der Waals surface area contributed by atoms with E-state index in [-0.39, 0.29) is 6.42 Å². The Kier molecular flexibility index (Phi) is 4.95. The molecule has 0 saturated carbocycles. The average molecular weight is 449 g/mol. The Hall–Kier alpha value is -3.98. The quantitative estimate of drug-likeness (QED) is 0.379. The van der Waals surface area contributed by atoms with Crippen molar-refractivity contribution in [2.75, 3.05) is 14.2 Å². The van der Waals surface area contributed by atoms with Crippen LogP contribution in [0.1, 0.15) is 5.69 Å². The number of carbonyl (C=O) groups excluding carboxylic acids is 1. The van der Waals surface area contributed by atoms with Crippen LogP contribution >= 0.6 is 11.6 Å². The molecule has 0 aliphatic rings. The first-order valence-corrected chi connectivity index (χ1v) is 10.1. The Balaban J connectivity index is 1.77. The van der Waals surface area contributed by atoms with Crippen LogP contribution in [0.25, 0.3) is 33.6 Å². The molecule has 0 spiro atoms. The van der Waals surface area contributed by atoms with Gasteiger partial charge < -0.3 is 9.47 Å². The SMILES string of the molecule is COC(=O)Cc1nn(-c2ccc(OC)cc2)c2c1nnc1c(-c3cccc(Cl)c3)cnn12. The summed E-state index contributed by atoms with van der Waals surface area (Å²) in [5, 5.41) is 18.6. The summed E-state index contributed by atoms with van der Waals surface area (Å²) in [6.45, 7) is 0. The van der Waals surface area contributed by atoms with E-state index in [9.17, 15) is 4.79 Å². The van der Waals surface area contributed by atoms with Gasteiger partial charge in [0.1, 0.15) is 11.4 Å². The lowest BCUT2D eigenvalue weighted by Gasteiger charge is -2.06. The highest BCUT2D eigenvalue weighted by Gasteiger charge is 2.22. The number of hydrogen-bond acceptors (Lipinski definition) is 7. The summed E-state index contributed by atoms with van der Waals surface area (Å²) in [6, 6.07) is 14.8. The highest BCUT2D eigenvalue weighted by Crippen LogP contribution is 2.29. The Morgan fingerprint density at radius 1 is 1.09 bits per heavy atom. The van der Waals surface area contributed by atoms with Crippen molar-refractivity contribution >= 4 is 34.4 Å². The Bertz CT molecular complexity index is 1460. The molecule has 32 heavy (non-hydrogen) atoms. The lowest BCUT2D eigenvalue weighted by Crippen LogP contribution is -2.06. The second-order valence-corrected chi connectivity index (χ2v) is 7.42. The van der Waals surface area contributed by atoms with E-state index in [0.29, 0.717) is 33.3 Å². The number of halogens is 1. The van der Waals surface area contributed by atoms with Crippen LogP contribution in [0.3, 0.4) is 0 Å². The summed E-state index contributed by atoms with van der Waals surface area (Å²) in [4.78, 5) is 12.0.